The summed E-state index contributed by atoms with van der Waals surface area (Å²) >= 11 is 1.58. The first-order valence-corrected chi connectivity index (χ1v) is 8.93. The van der Waals surface area contributed by atoms with Crippen LogP contribution >= 0.6 is 15.9 Å². The number of halogens is 5. The van der Waals surface area contributed by atoms with Gasteiger partial charge in [0, 0.05) is 18.8 Å². The molecule has 2 saturated carbocycles. The number of aliphatic hydroxyl groups is 1. The lowest BCUT2D eigenvalue weighted by Crippen LogP contribution is -2.42. The highest BCUT2D eigenvalue weighted by Gasteiger charge is 2.68. The Morgan fingerprint density at radius 1 is 1.29 bits per heavy atom. The molecule has 3 fully saturated rings. The van der Waals surface area contributed by atoms with Crippen LogP contribution in [-0.4, -0.2) is 57.8 Å². The summed E-state index contributed by atoms with van der Waals surface area (Å²) in [5.74, 6) is -9.16. The predicted octanol–water partition coefficient (Wildman–Crippen LogP) is 1.73. The van der Waals surface area contributed by atoms with E-state index in [-0.39, 0.29) is 5.92 Å². The molecule has 0 amide bonds. The van der Waals surface area contributed by atoms with Crippen molar-refractivity contribution in [3.63, 3.8) is 0 Å². The van der Waals surface area contributed by atoms with E-state index in [1.807, 2.05) is 0 Å². The molecule has 0 radical (unpaired) electrons. The quantitative estimate of drug-likeness (QED) is 0.152. The summed E-state index contributed by atoms with van der Waals surface area (Å²) < 4.78 is 61.0. The lowest BCUT2D eigenvalue weighted by atomic mass is 9.78. The minimum Gasteiger partial charge on any atom is -0.465 e. The molecule has 1 aliphatic heterocycles. The minimum absolute atomic E-state index is 0.284. The van der Waals surface area contributed by atoms with Crippen molar-refractivity contribution in [3.8, 4) is 0 Å². The molecule has 1 saturated heterocycles. The molecule has 13 heteroatoms. The van der Waals surface area contributed by atoms with Gasteiger partial charge in [-0.05, 0) is 22.4 Å². The van der Waals surface area contributed by atoms with Crippen molar-refractivity contribution in [2.75, 3.05) is 6.61 Å². The molecule has 0 spiro atoms. The van der Waals surface area contributed by atoms with Gasteiger partial charge in [-0.15, -0.1) is 0 Å². The third-order valence-electron chi connectivity index (χ3n) is 5.05. The Hall–Kier alpha value is -1.47. The number of alkyl halides is 5. The average Bonchev–Trinajstić information content (AvgIpc) is 3.18. The summed E-state index contributed by atoms with van der Waals surface area (Å²) in [4.78, 5) is 31.9. The molecule has 160 valence electrons. The Bertz CT molecular complexity index is 640. The molecular formula is C15H17BrF4O8. The topological polar surface area (TPSA) is 119 Å². The molecule has 8 nitrogen and oxygen atoms in total. The van der Waals surface area contributed by atoms with Crippen LogP contribution in [0.25, 0.3) is 0 Å². The Morgan fingerprint density at radius 2 is 1.86 bits per heavy atom. The van der Waals surface area contributed by atoms with E-state index >= 15 is 0 Å². The summed E-state index contributed by atoms with van der Waals surface area (Å²) in [5.41, 5.74) is 0. The van der Waals surface area contributed by atoms with Crippen molar-refractivity contribution in [1.29, 1.82) is 0 Å². The van der Waals surface area contributed by atoms with E-state index < -0.39 is 71.7 Å². The molecule has 0 aromatic heterocycles. The highest BCUT2D eigenvalue weighted by atomic mass is 79.9. The van der Waals surface area contributed by atoms with Crippen molar-refractivity contribution >= 4 is 33.8 Å². The zero-order valence-corrected chi connectivity index (χ0v) is 15.9. The highest BCUT2D eigenvalue weighted by Crippen LogP contribution is 2.58. The maximum absolute atomic E-state index is 13.1. The minimum atomic E-state index is -4.41. The maximum atomic E-state index is 13.1. The zero-order valence-electron chi connectivity index (χ0n) is 14.3. The van der Waals surface area contributed by atoms with Gasteiger partial charge in [0.15, 0.2) is 0 Å². The third kappa shape index (κ3) is 4.25. The first-order chi connectivity index (χ1) is 12.8. The number of carbonyl (C=O) groups is 3. The van der Waals surface area contributed by atoms with Crippen LogP contribution in [0, 0.1) is 23.7 Å². The summed E-state index contributed by atoms with van der Waals surface area (Å²) in [5, 5.41) is 17.3. The van der Waals surface area contributed by atoms with E-state index in [0.29, 0.717) is 6.42 Å². The van der Waals surface area contributed by atoms with E-state index in [9.17, 15) is 37.1 Å². The van der Waals surface area contributed by atoms with Gasteiger partial charge in [-0.25, -0.2) is 4.79 Å². The van der Waals surface area contributed by atoms with Crippen molar-refractivity contribution in [1.82, 2.24) is 0 Å². The van der Waals surface area contributed by atoms with Crippen LogP contribution in [0.2, 0.25) is 0 Å². The van der Waals surface area contributed by atoms with E-state index in [4.69, 9.17) is 9.99 Å². The number of carbonyl (C=O) groups excluding carboxylic acids is 3. The highest BCUT2D eigenvalue weighted by molar-refractivity contribution is 9.10. The fraction of sp³-hybridized carbons (Fsp3) is 0.800. The number of aliphatic hydroxyl groups excluding tert-OH is 1. The first-order valence-electron chi connectivity index (χ1n) is 8.13. The number of esters is 2. The van der Waals surface area contributed by atoms with Crippen LogP contribution < -0.4 is 0 Å². The van der Waals surface area contributed by atoms with Crippen LogP contribution in [0.15, 0.2) is 0 Å². The second kappa shape index (κ2) is 8.11. The second-order valence-electron chi connectivity index (χ2n) is 6.71. The van der Waals surface area contributed by atoms with Gasteiger partial charge in [0.05, 0.1) is 31.0 Å². The van der Waals surface area contributed by atoms with Crippen LogP contribution in [0.3, 0.4) is 0 Å². The van der Waals surface area contributed by atoms with Gasteiger partial charge < -0.3 is 19.5 Å². The van der Waals surface area contributed by atoms with Crippen molar-refractivity contribution in [2.24, 2.45) is 23.7 Å². The number of ether oxygens (including phenoxy) is 2. The van der Waals surface area contributed by atoms with E-state index in [0.717, 1.165) is 6.92 Å². The zero-order chi connectivity index (χ0) is 21.4. The molecule has 2 bridgehead atoms. The lowest BCUT2D eigenvalue weighted by Gasteiger charge is -2.27. The van der Waals surface area contributed by atoms with Crippen molar-refractivity contribution in [2.45, 2.75) is 42.7 Å². The van der Waals surface area contributed by atoms with Gasteiger partial charge in [0.25, 0.3) is 0 Å². The number of hydrogen-bond acceptors (Lipinski definition) is 8. The van der Waals surface area contributed by atoms with Crippen LogP contribution in [0.5, 0.6) is 0 Å². The van der Waals surface area contributed by atoms with Crippen LogP contribution in [0.1, 0.15) is 19.8 Å². The van der Waals surface area contributed by atoms with Gasteiger partial charge in [-0.2, -0.15) is 22.8 Å². The molecule has 3 rings (SSSR count). The monoisotopic (exact) mass is 480 g/mol. The molecule has 6 unspecified atom stereocenters. The first kappa shape index (κ1) is 22.8. The predicted molar refractivity (Wildman–Crippen MR) is 83.3 cm³/mol. The largest absolute Gasteiger partial charge is 0.465 e. The fourth-order valence-corrected chi connectivity index (χ4v) is 4.06. The molecule has 28 heavy (non-hydrogen) atoms. The summed E-state index contributed by atoms with van der Waals surface area (Å²) in [7, 11) is 0. The molecule has 0 aromatic rings. The normalized spacial score (nSPS) is 33.1. The molecule has 0 aromatic carbocycles. The molecule has 3 aliphatic rings. The average molecular weight is 481 g/mol. The van der Waals surface area contributed by atoms with Gasteiger partial charge in [-0.1, -0.05) is 0 Å². The van der Waals surface area contributed by atoms with Crippen molar-refractivity contribution in [3.05, 3.63) is 0 Å². The fourth-order valence-electron chi connectivity index (χ4n) is 3.86. The Balaban J connectivity index is 0.000000500. The number of hydrogen-bond donors (Lipinski definition) is 2. The third-order valence-corrected chi connectivity index (χ3v) is 5.63. The van der Waals surface area contributed by atoms with E-state index in [1.165, 1.54) is 0 Å². The molecular weight excluding hydrogens is 464 g/mol. The Morgan fingerprint density at radius 3 is 2.36 bits per heavy atom. The molecule has 1 heterocycles. The summed E-state index contributed by atoms with van der Waals surface area (Å²) in [6.45, 7) is 0.197. The maximum Gasteiger partial charge on any atom is 0.363 e. The summed E-state index contributed by atoms with van der Waals surface area (Å²) in [6.07, 6.45) is -2.57. The van der Waals surface area contributed by atoms with E-state index in [1.54, 1.807) is 15.9 Å². The van der Waals surface area contributed by atoms with Gasteiger partial charge in [0.1, 0.15) is 6.10 Å². The Labute approximate surface area is 164 Å². The smallest absolute Gasteiger partial charge is 0.363 e. The van der Waals surface area contributed by atoms with Gasteiger partial charge in [-0.3, -0.25) is 9.59 Å². The van der Waals surface area contributed by atoms with Crippen LogP contribution in [-0.2, 0) is 28.7 Å². The summed E-state index contributed by atoms with van der Waals surface area (Å²) in [6, 6.07) is 0. The molecule has 6 atom stereocenters. The standard InChI is InChI=1S/C13H13BrF4O5.C2H4O3/c14-13(17,18)12(15,16)1-2-22-10(20)6-4-3-5-7(6)11(21)23-9(5)8(4)19;1-2(3)5-4/h4-9,19H,1-3H2;4H,1H3. The van der Waals surface area contributed by atoms with Gasteiger partial charge >= 0.3 is 28.7 Å². The number of rotatable bonds is 5. The van der Waals surface area contributed by atoms with Crippen molar-refractivity contribution < 1.29 is 56.7 Å². The van der Waals surface area contributed by atoms with Crippen LogP contribution in [0.4, 0.5) is 17.6 Å². The SMILES string of the molecule is CC(=O)OO.O=C(OCCC(F)(F)C(F)(F)Br)C1C2CC3C(OC(=O)C31)C2O. The van der Waals surface area contributed by atoms with Gasteiger partial charge in [0.2, 0.25) is 0 Å². The second-order valence-corrected chi connectivity index (χ2v) is 7.71. The number of fused-ring (bicyclic) bond motifs is 1. The van der Waals surface area contributed by atoms with E-state index in [2.05, 4.69) is 9.62 Å². The Kier molecular flexibility index (Phi) is 6.61. The molecule has 2 N–H and O–H groups in total. The lowest BCUT2D eigenvalue weighted by molar-refractivity contribution is -0.231. The molecule has 2 aliphatic carbocycles.